The number of hydrogen-bond acceptors (Lipinski definition) is 0. The van der Waals surface area contributed by atoms with Crippen molar-refractivity contribution >= 4 is 0 Å². The molecule has 1 rings (SSSR count). The Balaban J connectivity index is 0.00000529. The second-order valence-corrected chi connectivity index (χ2v) is 8.45. The first-order chi connectivity index (χ1) is 11.3. The summed E-state index contributed by atoms with van der Waals surface area (Å²) in [5, 5.41) is 0. The Morgan fingerprint density at radius 3 is 1.33 bits per heavy atom. The van der Waals surface area contributed by atoms with E-state index < -0.39 is 0 Å². The summed E-state index contributed by atoms with van der Waals surface area (Å²) in [7, 11) is 2.49. The van der Waals surface area contributed by atoms with Gasteiger partial charge in [0.25, 0.3) is 0 Å². The van der Waals surface area contributed by atoms with Crippen molar-refractivity contribution in [2.24, 2.45) is 0 Å². The number of piperidine rings is 1. The molecular weight excluding hydrogens is 314 g/mol. The molecule has 0 aromatic heterocycles. The second-order valence-electron chi connectivity index (χ2n) is 8.45. The summed E-state index contributed by atoms with van der Waals surface area (Å²) < 4.78 is 1.37. The lowest BCUT2D eigenvalue weighted by Gasteiger charge is -2.37. The molecule has 0 atom stereocenters. The Morgan fingerprint density at radius 1 is 0.542 bits per heavy atom. The van der Waals surface area contributed by atoms with Gasteiger partial charge in [-0.15, -0.1) is 0 Å². The van der Waals surface area contributed by atoms with E-state index in [2.05, 4.69) is 14.0 Å². The van der Waals surface area contributed by atoms with Crippen LogP contribution in [0.25, 0.3) is 0 Å². The number of rotatable bonds is 15. The van der Waals surface area contributed by atoms with E-state index >= 15 is 0 Å². The topological polar surface area (TPSA) is 0 Å². The molecule has 2 heteroatoms. The SMILES string of the molecule is CCCCCCCCCCCCCCCC[N+]1(C)CCCCC1.[Cl-]. The van der Waals surface area contributed by atoms with E-state index in [1.807, 2.05) is 0 Å². The van der Waals surface area contributed by atoms with E-state index in [1.54, 1.807) is 0 Å². The van der Waals surface area contributed by atoms with E-state index in [0.29, 0.717) is 0 Å². The van der Waals surface area contributed by atoms with Gasteiger partial charge < -0.3 is 16.9 Å². The number of unbranched alkanes of at least 4 members (excludes halogenated alkanes) is 13. The second kappa shape index (κ2) is 16.7. The quantitative estimate of drug-likeness (QED) is 0.305. The fourth-order valence-corrected chi connectivity index (χ4v) is 4.19. The van der Waals surface area contributed by atoms with Gasteiger partial charge in [-0.3, -0.25) is 0 Å². The van der Waals surface area contributed by atoms with Gasteiger partial charge in [-0.25, -0.2) is 0 Å². The summed E-state index contributed by atoms with van der Waals surface area (Å²) in [6.45, 7) is 6.63. The lowest BCUT2D eigenvalue weighted by atomic mass is 10.0. The zero-order valence-electron chi connectivity index (χ0n) is 17.0. The highest BCUT2D eigenvalue weighted by Gasteiger charge is 2.23. The van der Waals surface area contributed by atoms with Crippen LogP contribution in [-0.4, -0.2) is 31.2 Å². The highest BCUT2D eigenvalue weighted by Crippen LogP contribution is 2.18. The summed E-state index contributed by atoms with van der Waals surface area (Å²) >= 11 is 0. The molecule has 0 radical (unpaired) electrons. The molecule has 0 spiro atoms. The Labute approximate surface area is 160 Å². The number of hydrogen-bond donors (Lipinski definition) is 0. The monoisotopic (exact) mass is 359 g/mol. The van der Waals surface area contributed by atoms with Crippen molar-refractivity contribution < 1.29 is 16.9 Å². The zero-order chi connectivity index (χ0) is 16.6. The number of halogens is 1. The minimum Gasteiger partial charge on any atom is -1.00 e. The molecular formula is C22H46ClN. The maximum atomic E-state index is 2.49. The van der Waals surface area contributed by atoms with Crippen molar-refractivity contribution in [1.82, 2.24) is 0 Å². The van der Waals surface area contributed by atoms with Crippen molar-refractivity contribution in [3.63, 3.8) is 0 Å². The average molecular weight is 360 g/mol. The normalized spacial score (nSPS) is 16.8. The molecule has 1 heterocycles. The van der Waals surface area contributed by atoms with Crippen LogP contribution in [0.1, 0.15) is 116 Å². The predicted molar refractivity (Wildman–Crippen MR) is 105 cm³/mol. The van der Waals surface area contributed by atoms with Crippen molar-refractivity contribution in [1.29, 1.82) is 0 Å². The summed E-state index contributed by atoms with van der Waals surface area (Å²) in [4.78, 5) is 0. The number of likely N-dealkylation sites (tertiary alicyclic amines) is 1. The molecule has 1 fully saturated rings. The molecule has 0 bridgehead atoms. The Kier molecular flexibility index (Phi) is 16.9. The minimum absolute atomic E-state index is 0. The molecule has 0 N–H and O–H groups in total. The lowest BCUT2D eigenvalue weighted by molar-refractivity contribution is -0.914. The van der Waals surface area contributed by atoms with Crippen LogP contribution in [-0.2, 0) is 0 Å². The van der Waals surface area contributed by atoms with Gasteiger partial charge in [0.15, 0.2) is 0 Å². The Morgan fingerprint density at radius 2 is 0.917 bits per heavy atom. The molecule has 0 saturated carbocycles. The van der Waals surface area contributed by atoms with Crippen LogP contribution in [0.2, 0.25) is 0 Å². The molecule has 0 aromatic carbocycles. The standard InChI is InChI=1S/C22H46N.ClH/c1-3-4-5-6-7-8-9-10-11-12-13-14-15-17-20-23(2)21-18-16-19-22-23;/h3-22H2,1-2H3;1H/q+1;/p-1. The maximum absolute atomic E-state index is 2.49. The van der Waals surface area contributed by atoms with Gasteiger partial charge >= 0.3 is 0 Å². The van der Waals surface area contributed by atoms with Crippen LogP contribution in [0.5, 0.6) is 0 Å². The first-order valence-corrected chi connectivity index (χ1v) is 11.1. The van der Waals surface area contributed by atoms with Crippen LogP contribution < -0.4 is 12.4 Å². The third-order valence-electron chi connectivity index (χ3n) is 5.95. The number of nitrogens with zero attached hydrogens (tertiary/aromatic N) is 1. The maximum Gasteiger partial charge on any atom is 0.0784 e. The van der Waals surface area contributed by atoms with E-state index in [-0.39, 0.29) is 12.4 Å². The highest BCUT2D eigenvalue weighted by molar-refractivity contribution is 4.53. The lowest BCUT2D eigenvalue weighted by Crippen LogP contribution is -3.00. The van der Waals surface area contributed by atoms with Crippen molar-refractivity contribution in [2.45, 2.75) is 116 Å². The van der Waals surface area contributed by atoms with Crippen molar-refractivity contribution in [2.75, 3.05) is 26.7 Å². The molecule has 1 aliphatic heterocycles. The highest BCUT2D eigenvalue weighted by atomic mass is 35.5. The van der Waals surface area contributed by atoms with Gasteiger partial charge in [0.05, 0.1) is 26.7 Å². The molecule has 1 aliphatic rings. The molecule has 0 aliphatic carbocycles. The molecule has 1 nitrogen and oxygen atoms in total. The van der Waals surface area contributed by atoms with E-state index in [0.717, 1.165) is 0 Å². The predicted octanol–water partition coefficient (Wildman–Crippen LogP) is 4.10. The summed E-state index contributed by atoms with van der Waals surface area (Å²) in [5.41, 5.74) is 0. The molecule has 146 valence electrons. The molecule has 0 unspecified atom stereocenters. The summed E-state index contributed by atoms with van der Waals surface area (Å²) in [5.74, 6) is 0. The van der Waals surface area contributed by atoms with E-state index in [9.17, 15) is 0 Å². The van der Waals surface area contributed by atoms with Crippen molar-refractivity contribution in [3.05, 3.63) is 0 Å². The van der Waals surface area contributed by atoms with E-state index in [1.165, 1.54) is 133 Å². The largest absolute Gasteiger partial charge is 1.00 e. The van der Waals surface area contributed by atoms with Crippen LogP contribution in [0.4, 0.5) is 0 Å². The molecule has 24 heavy (non-hydrogen) atoms. The fraction of sp³-hybridized carbons (Fsp3) is 1.00. The van der Waals surface area contributed by atoms with Gasteiger partial charge in [0, 0.05) is 0 Å². The van der Waals surface area contributed by atoms with Crippen LogP contribution in [0.15, 0.2) is 0 Å². The number of quaternary nitrogens is 1. The van der Waals surface area contributed by atoms with E-state index in [4.69, 9.17) is 0 Å². The average Bonchev–Trinajstić information content (AvgIpc) is 2.56. The van der Waals surface area contributed by atoms with Gasteiger partial charge in [-0.2, -0.15) is 0 Å². The van der Waals surface area contributed by atoms with Crippen LogP contribution in [0, 0.1) is 0 Å². The van der Waals surface area contributed by atoms with Gasteiger partial charge in [-0.1, -0.05) is 84.0 Å². The fourth-order valence-electron chi connectivity index (χ4n) is 4.19. The summed E-state index contributed by atoms with van der Waals surface area (Å²) in [6.07, 6.45) is 25.0. The minimum atomic E-state index is 0. The Hall–Kier alpha value is 0.250. The van der Waals surface area contributed by atoms with Crippen LogP contribution >= 0.6 is 0 Å². The molecule has 0 amide bonds. The molecule has 1 saturated heterocycles. The Bertz CT molecular complexity index is 248. The van der Waals surface area contributed by atoms with Crippen LogP contribution in [0.3, 0.4) is 0 Å². The zero-order valence-corrected chi connectivity index (χ0v) is 17.7. The third kappa shape index (κ3) is 13.5. The first kappa shape index (κ1) is 24.2. The summed E-state index contributed by atoms with van der Waals surface area (Å²) in [6, 6.07) is 0. The smallest absolute Gasteiger partial charge is 0.0784 e. The van der Waals surface area contributed by atoms with Gasteiger partial charge in [0.2, 0.25) is 0 Å². The van der Waals surface area contributed by atoms with Gasteiger partial charge in [0.1, 0.15) is 0 Å². The molecule has 0 aromatic rings. The third-order valence-corrected chi connectivity index (χ3v) is 5.95. The van der Waals surface area contributed by atoms with Gasteiger partial charge in [-0.05, 0) is 32.1 Å². The van der Waals surface area contributed by atoms with Crippen molar-refractivity contribution in [3.8, 4) is 0 Å². The first-order valence-electron chi connectivity index (χ1n) is 11.1.